The Morgan fingerprint density at radius 3 is 2.51 bits per heavy atom. The highest BCUT2D eigenvalue weighted by Gasteiger charge is 2.56. The minimum Gasteiger partial charge on any atom is -0.378 e. The standard InChI is InChI=1S/C30H40N6O5/c1-29(2,3)16-24(32-25(37)23(14-19-8-9-19)34-28(40)35-10-12-41-13-11-35)26(38)36-18-30(15-20(36)17-31)21-6-4-5-7-22(21)33-27(30)39/h4-7,19-20,23-24H,8-16,18H2,1-3H3,(H,32,37)(H,33,39)(H,34,40)/t20-,23-,24-,30-/m0/s1. The van der Waals surface area contributed by atoms with Gasteiger partial charge in [-0.2, -0.15) is 5.26 Å². The smallest absolute Gasteiger partial charge is 0.318 e. The Kier molecular flexibility index (Phi) is 7.97. The van der Waals surface area contributed by atoms with Crippen molar-refractivity contribution in [3.8, 4) is 6.07 Å². The number of fused-ring (bicyclic) bond motifs is 2. The molecule has 3 N–H and O–H groups in total. The molecule has 11 nitrogen and oxygen atoms in total. The van der Waals surface area contributed by atoms with Crippen LogP contribution >= 0.6 is 0 Å². The van der Waals surface area contributed by atoms with E-state index < -0.39 is 35.4 Å². The van der Waals surface area contributed by atoms with E-state index in [1.807, 2.05) is 45.0 Å². The summed E-state index contributed by atoms with van der Waals surface area (Å²) in [6.07, 6.45) is 3.03. The van der Waals surface area contributed by atoms with E-state index in [2.05, 4.69) is 22.0 Å². The number of likely N-dealkylation sites (tertiary alicyclic amines) is 1. The van der Waals surface area contributed by atoms with E-state index in [0.717, 1.165) is 18.4 Å². The molecule has 4 atom stereocenters. The molecule has 3 aliphatic heterocycles. The van der Waals surface area contributed by atoms with Gasteiger partial charge in [-0.25, -0.2) is 4.79 Å². The van der Waals surface area contributed by atoms with E-state index in [9.17, 15) is 24.4 Å². The average molecular weight is 565 g/mol. The number of morpholine rings is 1. The van der Waals surface area contributed by atoms with E-state index in [-0.39, 0.29) is 30.3 Å². The lowest BCUT2D eigenvalue weighted by Crippen LogP contribution is -2.58. The molecule has 11 heteroatoms. The van der Waals surface area contributed by atoms with Gasteiger partial charge in [0.25, 0.3) is 0 Å². The number of nitrogens with zero attached hydrogens (tertiary/aromatic N) is 3. The second-order valence-electron chi connectivity index (χ2n) is 13.0. The lowest BCUT2D eigenvalue weighted by atomic mass is 9.80. The number of ether oxygens (including phenoxy) is 1. The summed E-state index contributed by atoms with van der Waals surface area (Å²) in [5.74, 6) is -0.665. The highest BCUT2D eigenvalue weighted by Crippen LogP contribution is 2.46. The Balaban J connectivity index is 1.35. The van der Waals surface area contributed by atoms with E-state index in [1.54, 1.807) is 4.90 Å². The first-order chi connectivity index (χ1) is 19.5. The number of carbonyl (C=O) groups is 4. The van der Waals surface area contributed by atoms with Crippen molar-refractivity contribution in [2.45, 2.75) is 76.4 Å². The van der Waals surface area contributed by atoms with Gasteiger partial charge in [-0.05, 0) is 35.8 Å². The van der Waals surface area contributed by atoms with Crippen molar-refractivity contribution in [1.82, 2.24) is 20.4 Å². The molecule has 0 aromatic heterocycles. The quantitative estimate of drug-likeness (QED) is 0.463. The summed E-state index contributed by atoms with van der Waals surface area (Å²) >= 11 is 0. The maximum atomic E-state index is 14.1. The van der Waals surface area contributed by atoms with Gasteiger partial charge in [0.1, 0.15) is 18.1 Å². The fourth-order valence-electron chi connectivity index (χ4n) is 6.20. The van der Waals surface area contributed by atoms with E-state index in [0.29, 0.717) is 50.8 Å². The first-order valence-electron chi connectivity index (χ1n) is 14.6. The molecule has 0 unspecified atom stereocenters. The van der Waals surface area contributed by atoms with Crippen LogP contribution in [-0.2, 0) is 24.5 Å². The normalized spacial score (nSPS) is 25.2. The summed E-state index contributed by atoms with van der Waals surface area (Å²) in [4.78, 5) is 57.1. The van der Waals surface area contributed by atoms with Crippen LogP contribution in [0.15, 0.2) is 24.3 Å². The van der Waals surface area contributed by atoms with Gasteiger partial charge in [-0.1, -0.05) is 51.8 Å². The number of para-hydroxylation sites is 1. The van der Waals surface area contributed by atoms with Gasteiger partial charge >= 0.3 is 6.03 Å². The molecule has 0 radical (unpaired) electrons. The zero-order valence-electron chi connectivity index (χ0n) is 24.1. The van der Waals surface area contributed by atoms with Crippen molar-refractivity contribution in [3.05, 3.63) is 29.8 Å². The molecule has 4 aliphatic rings. The van der Waals surface area contributed by atoms with Crippen LogP contribution in [0.1, 0.15) is 58.4 Å². The van der Waals surface area contributed by atoms with Crippen molar-refractivity contribution in [2.75, 3.05) is 38.2 Å². The maximum Gasteiger partial charge on any atom is 0.318 e. The molecule has 5 rings (SSSR count). The molecule has 1 aliphatic carbocycles. The van der Waals surface area contributed by atoms with Crippen molar-refractivity contribution >= 4 is 29.4 Å². The van der Waals surface area contributed by atoms with Crippen molar-refractivity contribution in [3.63, 3.8) is 0 Å². The Labute approximate surface area is 240 Å². The Morgan fingerprint density at radius 1 is 1.15 bits per heavy atom. The predicted octanol–water partition coefficient (Wildman–Crippen LogP) is 2.13. The molecule has 1 aromatic rings. The number of amides is 5. The lowest BCUT2D eigenvalue weighted by Gasteiger charge is -2.33. The maximum absolute atomic E-state index is 14.1. The van der Waals surface area contributed by atoms with Crippen molar-refractivity contribution in [1.29, 1.82) is 5.26 Å². The second kappa shape index (κ2) is 11.3. The number of carbonyl (C=O) groups excluding carboxylic acids is 4. The van der Waals surface area contributed by atoms with Gasteiger partial charge in [-0.15, -0.1) is 0 Å². The zero-order chi connectivity index (χ0) is 29.4. The summed E-state index contributed by atoms with van der Waals surface area (Å²) in [6, 6.07) is 6.76. The van der Waals surface area contributed by atoms with Crippen LogP contribution in [0.4, 0.5) is 10.5 Å². The second-order valence-corrected chi connectivity index (χ2v) is 13.0. The monoisotopic (exact) mass is 564 g/mol. The number of nitrogens with one attached hydrogen (secondary N) is 3. The number of urea groups is 1. The number of hydrogen-bond donors (Lipinski definition) is 3. The SMILES string of the molecule is CC(C)(C)C[C@H](NC(=O)[C@H](CC1CC1)NC(=O)N1CCOCC1)C(=O)N1C[C@]2(C[C@H]1C#N)C(=O)Nc1ccccc12. The molecule has 5 amide bonds. The van der Waals surface area contributed by atoms with Gasteiger partial charge < -0.3 is 30.5 Å². The zero-order valence-corrected chi connectivity index (χ0v) is 24.1. The first kappa shape index (κ1) is 28.9. The fourth-order valence-corrected chi connectivity index (χ4v) is 6.20. The summed E-state index contributed by atoms with van der Waals surface area (Å²) in [5, 5.41) is 18.8. The minimum atomic E-state index is -1.01. The number of benzene rings is 1. The molecular weight excluding hydrogens is 524 g/mol. The van der Waals surface area contributed by atoms with Crippen LogP contribution < -0.4 is 16.0 Å². The van der Waals surface area contributed by atoms with Gasteiger partial charge in [0.15, 0.2) is 0 Å². The van der Waals surface area contributed by atoms with Crippen LogP contribution in [0.2, 0.25) is 0 Å². The van der Waals surface area contributed by atoms with E-state index in [1.165, 1.54) is 4.90 Å². The van der Waals surface area contributed by atoms with Crippen molar-refractivity contribution < 1.29 is 23.9 Å². The van der Waals surface area contributed by atoms with Gasteiger partial charge in [0.05, 0.1) is 24.7 Å². The molecule has 41 heavy (non-hydrogen) atoms. The summed E-state index contributed by atoms with van der Waals surface area (Å²) in [6.45, 7) is 7.82. The first-order valence-corrected chi connectivity index (χ1v) is 14.6. The highest BCUT2D eigenvalue weighted by molar-refractivity contribution is 6.07. The summed E-state index contributed by atoms with van der Waals surface area (Å²) in [7, 11) is 0. The Hall–Kier alpha value is -3.65. The van der Waals surface area contributed by atoms with Crippen molar-refractivity contribution in [2.24, 2.45) is 11.3 Å². The Bertz CT molecular complexity index is 1240. The Morgan fingerprint density at radius 2 is 1.85 bits per heavy atom. The number of nitriles is 1. The third-order valence-corrected chi connectivity index (χ3v) is 8.53. The molecule has 3 heterocycles. The van der Waals surface area contributed by atoms with E-state index in [4.69, 9.17) is 4.74 Å². The summed E-state index contributed by atoms with van der Waals surface area (Å²) < 4.78 is 5.34. The van der Waals surface area contributed by atoms with Crippen LogP contribution in [0.25, 0.3) is 0 Å². The summed E-state index contributed by atoms with van der Waals surface area (Å²) in [5.41, 5.74) is 0.145. The highest BCUT2D eigenvalue weighted by atomic mass is 16.5. The molecule has 220 valence electrons. The van der Waals surface area contributed by atoms with Gasteiger partial charge in [0, 0.05) is 31.7 Å². The minimum absolute atomic E-state index is 0.0582. The van der Waals surface area contributed by atoms with Crippen LogP contribution in [0.5, 0.6) is 0 Å². The molecule has 3 fully saturated rings. The third kappa shape index (κ3) is 6.17. The largest absolute Gasteiger partial charge is 0.378 e. The molecule has 1 aromatic carbocycles. The molecular formula is C30H40N6O5. The van der Waals surface area contributed by atoms with E-state index >= 15 is 0 Å². The molecule has 0 bridgehead atoms. The number of hydrogen-bond acceptors (Lipinski definition) is 6. The predicted molar refractivity (Wildman–Crippen MR) is 151 cm³/mol. The lowest BCUT2D eigenvalue weighted by molar-refractivity contribution is -0.138. The third-order valence-electron chi connectivity index (χ3n) is 8.53. The topological polar surface area (TPSA) is 144 Å². The van der Waals surface area contributed by atoms with Crippen LogP contribution in [-0.4, -0.2) is 84.5 Å². The average Bonchev–Trinajstić information content (AvgIpc) is 3.61. The fraction of sp³-hybridized carbons (Fsp3) is 0.633. The van der Waals surface area contributed by atoms with Crippen LogP contribution in [0.3, 0.4) is 0 Å². The molecule has 1 saturated carbocycles. The number of rotatable bonds is 7. The molecule has 1 spiro atoms. The van der Waals surface area contributed by atoms with Gasteiger partial charge in [-0.3, -0.25) is 14.4 Å². The van der Waals surface area contributed by atoms with Gasteiger partial charge in [0.2, 0.25) is 17.7 Å². The molecule has 2 saturated heterocycles. The van der Waals surface area contributed by atoms with Crippen LogP contribution in [0, 0.1) is 22.7 Å². The number of anilines is 1.